The molecule has 19 heavy (non-hydrogen) atoms. The lowest BCUT2D eigenvalue weighted by Crippen LogP contribution is -2.56. The van der Waals surface area contributed by atoms with Gasteiger partial charge in [0.2, 0.25) is 0 Å². The summed E-state index contributed by atoms with van der Waals surface area (Å²) in [4.78, 5) is 5.38. The Labute approximate surface area is 119 Å². The summed E-state index contributed by atoms with van der Waals surface area (Å²) in [5, 5.41) is 3.61. The zero-order chi connectivity index (χ0) is 13.7. The third-order valence-electron chi connectivity index (χ3n) is 5.17. The summed E-state index contributed by atoms with van der Waals surface area (Å²) in [7, 11) is 2.33. The van der Waals surface area contributed by atoms with E-state index >= 15 is 0 Å². The van der Waals surface area contributed by atoms with Crippen molar-refractivity contribution in [3.8, 4) is 0 Å². The van der Waals surface area contributed by atoms with Gasteiger partial charge in [0.05, 0.1) is 0 Å². The number of piperidine rings is 2. The molecule has 3 atom stereocenters. The molecule has 0 aromatic carbocycles. The highest BCUT2D eigenvalue weighted by atomic mass is 15.2. The zero-order valence-electron chi connectivity index (χ0n) is 13.2. The molecular weight excluding hydrogens is 234 g/mol. The first kappa shape index (κ1) is 15.3. The van der Waals surface area contributed by atoms with Crippen LogP contribution < -0.4 is 5.32 Å². The van der Waals surface area contributed by atoms with Crippen LogP contribution in [0.5, 0.6) is 0 Å². The molecular formula is C16H33N3. The molecule has 2 heterocycles. The van der Waals surface area contributed by atoms with Crippen LogP contribution in [-0.2, 0) is 0 Å². The Hall–Kier alpha value is -0.120. The van der Waals surface area contributed by atoms with Crippen molar-refractivity contribution in [2.75, 3.05) is 39.8 Å². The first-order valence-corrected chi connectivity index (χ1v) is 8.41. The van der Waals surface area contributed by atoms with Crippen LogP contribution in [-0.4, -0.2) is 61.7 Å². The molecule has 1 N–H and O–H groups in total. The van der Waals surface area contributed by atoms with E-state index in [9.17, 15) is 0 Å². The molecule has 3 unspecified atom stereocenters. The van der Waals surface area contributed by atoms with Crippen molar-refractivity contribution in [2.24, 2.45) is 5.92 Å². The molecule has 0 saturated carbocycles. The van der Waals surface area contributed by atoms with Gasteiger partial charge in [0, 0.05) is 25.2 Å². The second-order valence-corrected chi connectivity index (χ2v) is 6.50. The van der Waals surface area contributed by atoms with Crippen LogP contribution in [0, 0.1) is 5.92 Å². The second kappa shape index (κ2) is 7.61. The highest BCUT2D eigenvalue weighted by Gasteiger charge is 2.35. The van der Waals surface area contributed by atoms with Crippen molar-refractivity contribution in [3.05, 3.63) is 0 Å². The van der Waals surface area contributed by atoms with Gasteiger partial charge in [-0.05, 0) is 64.7 Å². The van der Waals surface area contributed by atoms with Crippen molar-refractivity contribution in [3.63, 3.8) is 0 Å². The summed E-state index contributed by atoms with van der Waals surface area (Å²) < 4.78 is 0. The molecule has 0 amide bonds. The van der Waals surface area contributed by atoms with Gasteiger partial charge in [0.1, 0.15) is 0 Å². The number of hydrogen-bond acceptors (Lipinski definition) is 3. The van der Waals surface area contributed by atoms with Gasteiger partial charge in [-0.2, -0.15) is 0 Å². The van der Waals surface area contributed by atoms with Gasteiger partial charge in [-0.15, -0.1) is 0 Å². The Kier molecular flexibility index (Phi) is 6.11. The van der Waals surface area contributed by atoms with Gasteiger partial charge in [-0.1, -0.05) is 13.8 Å². The molecule has 0 aromatic rings. The average molecular weight is 267 g/mol. The van der Waals surface area contributed by atoms with E-state index in [0.717, 1.165) is 18.0 Å². The standard InChI is InChI=1S/C16H33N3/c1-4-9-17-12-15(5-2)19-11-8-16-14(13-19)7-6-10-18(16)3/h14-17H,4-13H2,1-3H3. The predicted molar refractivity (Wildman–Crippen MR) is 82.6 cm³/mol. The minimum absolute atomic E-state index is 0.750. The lowest BCUT2D eigenvalue weighted by atomic mass is 9.83. The third-order valence-corrected chi connectivity index (χ3v) is 5.17. The van der Waals surface area contributed by atoms with E-state index in [0.29, 0.717) is 0 Å². The second-order valence-electron chi connectivity index (χ2n) is 6.50. The quantitative estimate of drug-likeness (QED) is 0.744. The lowest BCUT2D eigenvalue weighted by molar-refractivity contribution is 0.0193. The van der Waals surface area contributed by atoms with Crippen LogP contribution in [0.3, 0.4) is 0 Å². The van der Waals surface area contributed by atoms with E-state index in [4.69, 9.17) is 0 Å². The predicted octanol–water partition coefficient (Wildman–Crippen LogP) is 2.18. The monoisotopic (exact) mass is 267 g/mol. The van der Waals surface area contributed by atoms with E-state index in [2.05, 4.69) is 36.0 Å². The molecule has 0 aromatic heterocycles. The number of rotatable bonds is 6. The van der Waals surface area contributed by atoms with Gasteiger partial charge in [-0.3, -0.25) is 4.90 Å². The molecule has 2 fully saturated rings. The summed E-state index contributed by atoms with van der Waals surface area (Å²) in [5.74, 6) is 0.924. The highest BCUT2D eigenvalue weighted by molar-refractivity contribution is 4.91. The fourth-order valence-electron chi connectivity index (χ4n) is 3.99. The molecule has 0 radical (unpaired) electrons. The Morgan fingerprint density at radius 3 is 2.79 bits per heavy atom. The van der Waals surface area contributed by atoms with Crippen LogP contribution in [0.1, 0.15) is 46.0 Å². The molecule has 2 saturated heterocycles. The zero-order valence-corrected chi connectivity index (χ0v) is 13.2. The van der Waals surface area contributed by atoms with Gasteiger partial charge in [0.25, 0.3) is 0 Å². The number of fused-ring (bicyclic) bond motifs is 1. The number of nitrogens with one attached hydrogen (secondary N) is 1. The van der Waals surface area contributed by atoms with Crippen molar-refractivity contribution in [1.82, 2.24) is 15.1 Å². The topological polar surface area (TPSA) is 18.5 Å². The maximum absolute atomic E-state index is 3.61. The smallest absolute Gasteiger partial charge is 0.0218 e. The Morgan fingerprint density at radius 2 is 2.05 bits per heavy atom. The average Bonchev–Trinajstić information content (AvgIpc) is 2.44. The molecule has 0 spiro atoms. The summed E-state index contributed by atoms with van der Waals surface area (Å²) in [6.07, 6.45) is 6.75. The van der Waals surface area contributed by atoms with Gasteiger partial charge in [0.15, 0.2) is 0 Å². The maximum atomic E-state index is 3.61. The fraction of sp³-hybridized carbons (Fsp3) is 1.00. The normalized spacial score (nSPS) is 31.1. The Balaban J connectivity index is 1.84. The largest absolute Gasteiger partial charge is 0.315 e. The van der Waals surface area contributed by atoms with Crippen molar-refractivity contribution >= 4 is 0 Å². The molecule has 2 aliphatic heterocycles. The van der Waals surface area contributed by atoms with E-state index in [-0.39, 0.29) is 0 Å². The summed E-state index contributed by atoms with van der Waals surface area (Å²) in [6, 6.07) is 1.62. The van der Waals surface area contributed by atoms with Crippen LogP contribution in [0.15, 0.2) is 0 Å². The van der Waals surface area contributed by atoms with Crippen molar-refractivity contribution < 1.29 is 0 Å². The SMILES string of the molecule is CCCNCC(CC)N1CCC2C(CCCN2C)C1. The van der Waals surface area contributed by atoms with Gasteiger partial charge < -0.3 is 10.2 Å². The van der Waals surface area contributed by atoms with Crippen LogP contribution in [0.25, 0.3) is 0 Å². The van der Waals surface area contributed by atoms with E-state index in [1.807, 2.05) is 0 Å². The van der Waals surface area contributed by atoms with Crippen LogP contribution in [0.4, 0.5) is 0 Å². The minimum atomic E-state index is 0.750. The maximum Gasteiger partial charge on any atom is 0.0218 e. The first-order valence-electron chi connectivity index (χ1n) is 8.41. The minimum Gasteiger partial charge on any atom is -0.315 e. The Morgan fingerprint density at radius 1 is 1.21 bits per heavy atom. The number of likely N-dealkylation sites (tertiary alicyclic amines) is 2. The molecule has 112 valence electrons. The number of hydrogen-bond donors (Lipinski definition) is 1. The van der Waals surface area contributed by atoms with Crippen molar-refractivity contribution in [1.29, 1.82) is 0 Å². The molecule has 0 bridgehead atoms. The molecule has 3 nitrogen and oxygen atoms in total. The molecule has 2 aliphatic rings. The fourth-order valence-corrected chi connectivity index (χ4v) is 3.99. The van der Waals surface area contributed by atoms with Gasteiger partial charge >= 0.3 is 0 Å². The Bertz CT molecular complexity index is 256. The van der Waals surface area contributed by atoms with Crippen molar-refractivity contribution in [2.45, 2.75) is 58.0 Å². The summed E-state index contributed by atoms with van der Waals surface area (Å²) >= 11 is 0. The molecule has 2 rings (SSSR count). The third kappa shape index (κ3) is 3.93. The van der Waals surface area contributed by atoms with Crippen LogP contribution in [0.2, 0.25) is 0 Å². The van der Waals surface area contributed by atoms with E-state index < -0.39 is 0 Å². The number of nitrogens with zero attached hydrogens (tertiary/aromatic N) is 2. The lowest BCUT2D eigenvalue weighted by Gasteiger charge is -2.48. The summed E-state index contributed by atoms with van der Waals surface area (Å²) in [5.41, 5.74) is 0. The molecule has 3 heteroatoms. The van der Waals surface area contributed by atoms with Gasteiger partial charge in [-0.25, -0.2) is 0 Å². The van der Waals surface area contributed by atoms with E-state index in [1.54, 1.807) is 0 Å². The van der Waals surface area contributed by atoms with Crippen LogP contribution >= 0.6 is 0 Å². The van der Waals surface area contributed by atoms with E-state index in [1.165, 1.54) is 64.8 Å². The summed E-state index contributed by atoms with van der Waals surface area (Å²) in [6.45, 7) is 10.9. The highest BCUT2D eigenvalue weighted by Crippen LogP contribution is 2.30. The molecule has 0 aliphatic carbocycles. The first-order chi connectivity index (χ1) is 9.26.